The van der Waals surface area contributed by atoms with E-state index >= 15 is 0 Å². The Kier molecular flexibility index (Phi) is 5.05. The summed E-state index contributed by atoms with van der Waals surface area (Å²) in [7, 11) is 0. The molecule has 1 aromatic carbocycles. The maximum atomic E-state index is 14.8. The van der Waals surface area contributed by atoms with Crippen molar-refractivity contribution in [3.63, 3.8) is 0 Å². The first-order valence-corrected chi connectivity index (χ1v) is 7.86. The zero-order valence-corrected chi connectivity index (χ0v) is 13.7. The fourth-order valence-corrected chi connectivity index (χ4v) is 2.88. The van der Waals surface area contributed by atoms with Crippen molar-refractivity contribution in [2.45, 2.75) is 57.7 Å². The van der Waals surface area contributed by atoms with Gasteiger partial charge in [-0.15, -0.1) is 0 Å². The topological polar surface area (TPSA) is 21.3 Å². The average Bonchev–Trinajstić information content (AvgIpc) is 2.38. The molecule has 0 aromatic heterocycles. The molecule has 0 aliphatic carbocycles. The molecule has 1 aliphatic heterocycles. The lowest BCUT2D eigenvalue weighted by Crippen LogP contribution is -2.45. The molecule has 0 spiro atoms. The van der Waals surface area contributed by atoms with Crippen LogP contribution in [0.15, 0.2) is 24.3 Å². The van der Waals surface area contributed by atoms with Crippen molar-refractivity contribution in [2.24, 2.45) is 0 Å². The highest BCUT2D eigenvalue weighted by Crippen LogP contribution is 2.27. The lowest BCUT2D eigenvalue weighted by atomic mass is 9.85. The molecule has 21 heavy (non-hydrogen) atoms. The van der Waals surface area contributed by atoms with Gasteiger partial charge < -0.3 is 10.1 Å². The van der Waals surface area contributed by atoms with Gasteiger partial charge in [-0.05, 0) is 29.9 Å². The average molecular weight is 293 g/mol. The third-order valence-corrected chi connectivity index (χ3v) is 4.06. The van der Waals surface area contributed by atoms with Crippen LogP contribution in [0.1, 0.15) is 45.2 Å². The van der Waals surface area contributed by atoms with Crippen molar-refractivity contribution in [1.82, 2.24) is 5.32 Å². The van der Waals surface area contributed by atoms with E-state index in [1.165, 1.54) is 5.56 Å². The molecular formula is C18H28FNO. The second-order valence-electron chi connectivity index (χ2n) is 7.47. The van der Waals surface area contributed by atoms with Gasteiger partial charge in [0.15, 0.2) is 0 Å². The van der Waals surface area contributed by atoms with E-state index in [-0.39, 0.29) is 11.5 Å². The van der Waals surface area contributed by atoms with Crippen LogP contribution in [0, 0.1) is 0 Å². The molecule has 1 N–H and O–H groups in total. The van der Waals surface area contributed by atoms with Crippen molar-refractivity contribution < 1.29 is 9.13 Å². The van der Waals surface area contributed by atoms with Gasteiger partial charge in [0.2, 0.25) is 0 Å². The van der Waals surface area contributed by atoms with Crippen LogP contribution in [-0.2, 0) is 16.6 Å². The summed E-state index contributed by atoms with van der Waals surface area (Å²) in [5.41, 5.74) is 1.28. The van der Waals surface area contributed by atoms with E-state index < -0.39 is 5.67 Å². The fourth-order valence-electron chi connectivity index (χ4n) is 2.88. The summed E-state index contributed by atoms with van der Waals surface area (Å²) < 4.78 is 20.2. The van der Waals surface area contributed by atoms with Crippen molar-refractivity contribution in [2.75, 3.05) is 19.8 Å². The van der Waals surface area contributed by atoms with Crippen molar-refractivity contribution >= 4 is 0 Å². The molecule has 3 heteroatoms. The number of morpholine rings is 1. The Bertz CT molecular complexity index is 441. The van der Waals surface area contributed by atoms with Crippen LogP contribution < -0.4 is 5.32 Å². The third kappa shape index (κ3) is 5.08. The molecule has 2 rings (SSSR count). The van der Waals surface area contributed by atoms with Crippen molar-refractivity contribution in [3.8, 4) is 0 Å². The number of benzene rings is 1. The van der Waals surface area contributed by atoms with Crippen LogP contribution in [0.3, 0.4) is 0 Å². The lowest BCUT2D eigenvalue weighted by molar-refractivity contribution is 0.0483. The molecule has 0 bridgehead atoms. The van der Waals surface area contributed by atoms with Gasteiger partial charge in [0, 0.05) is 19.0 Å². The first-order valence-electron chi connectivity index (χ1n) is 7.86. The van der Waals surface area contributed by atoms with Crippen LogP contribution in [0.25, 0.3) is 0 Å². The van der Waals surface area contributed by atoms with Gasteiger partial charge in [0.1, 0.15) is 5.67 Å². The highest BCUT2D eigenvalue weighted by atomic mass is 19.1. The largest absolute Gasteiger partial charge is 0.379 e. The minimum Gasteiger partial charge on any atom is -0.379 e. The normalized spacial score (nSPS) is 22.8. The maximum absolute atomic E-state index is 14.8. The maximum Gasteiger partial charge on any atom is 0.113 e. The molecule has 1 fully saturated rings. The quantitative estimate of drug-likeness (QED) is 0.915. The SMILES string of the molecule is CC(F)(Cc1ccc(C(C)(C)C)cc1)CC1COCCN1. The number of alkyl halides is 1. The molecule has 2 atom stereocenters. The second kappa shape index (κ2) is 6.45. The van der Waals surface area contributed by atoms with Gasteiger partial charge in [0.05, 0.1) is 13.2 Å². The molecule has 2 nitrogen and oxygen atoms in total. The molecule has 1 aliphatic rings. The highest BCUT2D eigenvalue weighted by molar-refractivity contribution is 5.28. The van der Waals surface area contributed by atoms with E-state index in [1.807, 2.05) is 0 Å². The Morgan fingerprint density at radius 3 is 2.38 bits per heavy atom. The molecular weight excluding hydrogens is 265 g/mol. The van der Waals surface area contributed by atoms with E-state index in [4.69, 9.17) is 4.74 Å². The number of rotatable bonds is 4. The standard InChI is InChI=1S/C18H28FNO/c1-17(2,3)15-7-5-14(6-8-15)11-18(4,19)12-16-13-21-10-9-20-16/h5-8,16,20H,9-13H2,1-4H3. The van der Waals surface area contributed by atoms with E-state index in [9.17, 15) is 4.39 Å². The van der Waals surface area contributed by atoms with Crippen LogP contribution in [0.2, 0.25) is 0 Å². The summed E-state index contributed by atoms with van der Waals surface area (Å²) in [6.07, 6.45) is 0.948. The molecule has 0 saturated carbocycles. The summed E-state index contributed by atoms with van der Waals surface area (Å²) >= 11 is 0. The van der Waals surface area contributed by atoms with Gasteiger partial charge in [-0.3, -0.25) is 0 Å². The summed E-state index contributed by atoms with van der Waals surface area (Å²) in [4.78, 5) is 0. The Labute approximate surface area is 128 Å². The van der Waals surface area contributed by atoms with E-state index in [0.717, 1.165) is 18.7 Å². The number of ether oxygens (including phenoxy) is 1. The fraction of sp³-hybridized carbons (Fsp3) is 0.667. The molecule has 1 heterocycles. The lowest BCUT2D eigenvalue weighted by Gasteiger charge is -2.30. The Morgan fingerprint density at radius 1 is 1.19 bits per heavy atom. The van der Waals surface area contributed by atoms with Gasteiger partial charge in [-0.25, -0.2) is 4.39 Å². The number of nitrogens with one attached hydrogen (secondary N) is 1. The van der Waals surface area contributed by atoms with Crippen LogP contribution in [0.5, 0.6) is 0 Å². The zero-order valence-electron chi connectivity index (χ0n) is 13.7. The first kappa shape index (κ1) is 16.4. The van der Waals surface area contributed by atoms with E-state index in [1.54, 1.807) is 6.92 Å². The molecule has 1 aromatic rings. The van der Waals surface area contributed by atoms with Gasteiger partial charge in [-0.2, -0.15) is 0 Å². The molecule has 0 amide bonds. The van der Waals surface area contributed by atoms with Gasteiger partial charge >= 0.3 is 0 Å². The van der Waals surface area contributed by atoms with E-state index in [0.29, 0.717) is 19.4 Å². The summed E-state index contributed by atoms with van der Waals surface area (Å²) in [6.45, 7) is 10.4. The minimum atomic E-state index is -1.21. The van der Waals surface area contributed by atoms with E-state index in [2.05, 4.69) is 50.4 Å². The van der Waals surface area contributed by atoms with Crippen molar-refractivity contribution in [3.05, 3.63) is 35.4 Å². The summed E-state index contributed by atoms with van der Waals surface area (Å²) in [5.74, 6) is 0. The summed E-state index contributed by atoms with van der Waals surface area (Å²) in [6, 6.07) is 8.48. The number of hydrogen-bond donors (Lipinski definition) is 1. The Hall–Kier alpha value is -0.930. The first-order chi connectivity index (χ1) is 9.76. The predicted octanol–water partition coefficient (Wildman–Crippen LogP) is 3.63. The zero-order chi connectivity index (χ0) is 15.5. The smallest absolute Gasteiger partial charge is 0.113 e. The second-order valence-corrected chi connectivity index (χ2v) is 7.47. The third-order valence-electron chi connectivity index (χ3n) is 4.06. The van der Waals surface area contributed by atoms with Crippen LogP contribution >= 0.6 is 0 Å². The number of halogens is 1. The molecule has 1 saturated heterocycles. The van der Waals surface area contributed by atoms with Crippen LogP contribution in [-0.4, -0.2) is 31.5 Å². The predicted molar refractivity (Wildman–Crippen MR) is 85.6 cm³/mol. The Balaban J connectivity index is 1.95. The Morgan fingerprint density at radius 2 is 1.86 bits per heavy atom. The van der Waals surface area contributed by atoms with Crippen molar-refractivity contribution in [1.29, 1.82) is 0 Å². The highest BCUT2D eigenvalue weighted by Gasteiger charge is 2.29. The summed E-state index contributed by atoms with van der Waals surface area (Å²) in [5, 5.41) is 3.32. The molecule has 0 radical (unpaired) electrons. The van der Waals surface area contributed by atoms with Gasteiger partial charge in [0.25, 0.3) is 0 Å². The van der Waals surface area contributed by atoms with Crippen LogP contribution in [0.4, 0.5) is 4.39 Å². The molecule has 118 valence electrons. The molecule has 2 unspecified atom stereocenters. The number of hydrogen-bond acceptors (Lipinski definition) is 2. The minimum absolute atomic E-state index is 0.127. The van der Waals surface area contributed by atoms with Gasteiger partial charge in [-0.1, -0.05) is 45.0 Å². The monoisotopic (exact) mass is 293 g/mol.